The monoisotopic (exact) mass is 258 g/mol. The minimum atomic E-state index is 0.470. The Balaban J connectivity index is 2.15. The molecule has 1 rings (SSSR count). The highest BCUT2D eigenvalue weighted by atomic mass is 16.5. The third-order valence-corrected chi connectivity index (χ3v) is 3.32. The van der Waals surface area contributed by atoms with Gasteiger partial charge in [-0.3, -0.25) is 4.90 Å². The van der Waals surface area contributed by atoms with Gasteiger partial charge in [0.1, 0.15) is 0 Å². The molecule has 18 heavy (non-hydrogen) atoms. The molecule has 1 N–H and O–H groups in total. The molecule has 0 aromatic heterocycles. The van der Waals surface area contributed by atoms with Crippen LogP contribution in [-0.4, -0.2) is 57.1 Å². The van der Waals surface area contributed by atoms with Crippen LogP contribution in [0.3, 0.4) is 0 Å². The summed E-state index contributed by atoms with van der Waals surface area (Å²) in [4.78, 5) is 2.40. The highest BCUT2D eigenvalue weighted by Gasteiger charge is 2.21. The number of ether oxygens (including phenoxy) is 2. The molecule has 0 saturated carbocycles. The molecule has 108 valence electrons. The summed E-state index contributed by atoms with van der Waals surface area (Å²) in [6.07, 6.45) is 4.72. The molecule has 1 atom stereocenters. The van der Waals surface area contributed by atoms with Gasteiger partial charge in [0.2, 0.25) is 0 Å². The first-order chi connectivity index (χ1) is 8.88. The highest BCUT2D eigenvalue weighted by Crippen LogP contribution is 2.05. The number of hydrogen-bond donors (Lipinski definition) is 1. The highest BCUT2D eigenvalue weighted by molar-refractivity contribution is 4.77. The summed E-state index contributed by atoms with van der Waals surface area (Å²) in [5.74, 6) is 0. The molecular formula is C14H30N2O2. The SMILES string of the molecule is CCCCOCC1CNCCN1COCCCC. The number of rotatable bonds is 10. The van der Waals surface area contributed by atoms with Crippen LogP contribution >= 0.6 is 0 Å². The van der Waals surface area contributed by atoms with Crippen molar-refractivity contribution in [1.82, 2.24) is 10.2 Å². The van der Waals surface area contributed by atoms with E-state index in [0.717, 1.165) is 59.0 Å². The number of nitrogens with one attached hydrogen (secondary N) is 1. The van der Waals surface area contributed by atoms with Gasteiger partial charge in [0, 0.05) is 38.9 Å². The van der Waals surface area contributed by atoms with Crippen LogP contribution in [0.4, 0.5) is 0 Å². The molecule has 1 unspecified atom stereocenters. The Hall–Kier alpha value is -0.160. The predicted molar refractivity (Wildman–Crippen MR) is 74.8 cm³/mol. The van der Waals surface area contributed by atoms with Crippen LogP contribution in [0.5, 0.6) is 0 Å². The lowest BCUT2D eigenvalue weighted by Crippen LogP contribution is -2.53. The molecule has 1 aliphatic rings. The number of nitrogens with zero attached hydrogens (tertiary/aromatic N) is 1. The molecule has 0 radical (unpaired) electrons. The zero-order chi connectivity index (χ0) is 13.1. The van der Waals surface area contributed by atoms with Crippen molar-refractivity contribution in [3.8, 4) is 0 Å². The molecule has 0 spiro atoms. The smallest absolute Gasteiger partial charge is 0.0994 e. The molecular weight excluding hydrogens is 228 g/mol. The summed E-state index contributed by atoms with van der Waals surface area (Å²) >= 11 is 0. The zero-order valence-corrected chi connectivity index (χ0v) is 12.1. The molecule has 4 nitrogen and oxygen atoms in total. The Labute approximate surface area is 112 Å². The van der Waals surface area contributed by atoms with Gasteiger partial charge in [-0.15, -0.1) is 0 Å². The minimum absolute atomic E-state index is 0.470. The molecule has 1 saturated heterocycles. The Bertz CT molecular complexity index is 171. The fraction of sp³-hybridized carbons (Fsp3) is 1.00. The summed E-state index contributed by atoms with van der Waals surface area (Å²) in [6, 6.07) is 0.470. The largest absolute Gasteiger partial charge is 0.380 e. The van der Waals surface area contributed by atoms with E-state index < -0.39 is 0 Å². The Morgan fingerprint density at radius 2 is 1.83 bits per heavy atom. The number of unbranched alkanes of at least 4 members (excludes halogenated alkanes) is 2. The summed E-state index contributed by atoms with van der Waals surface area (Å²) < 4.78 is 11.4. The minimum Gasteiger partial charge on any atom is -0.380 e. The van der Waals surface area contributed by atoms with E-state index in [1.807, 2.05) is 0 Å². The van der Waals surface area contributed by atoms with Gasteiger partial charge in [-0.25, -0.2) is 0 Å². The Kier molecular flexibility index (Phi) is 9.48. The lowest BCUT2D eigenvalue weighted by molar-refractivity contribution is -0.0321. The van der Waals surface area contributed by atoms with E-state index in [-0.39, 0.29) is 0 Å². The third kappa shape index (κ3) is 6.69. The van der Waals surface area contributed by atoms with E-state index in [0.29, 0.717) is 6.04 Å². The van der Waals surface area contributed by atoms with E-state index >= 15 is 0 Å². The third-order valence-electron chi connectivity index (χ3n) is 3.32. The van der Waals surface area contributed by atoms with Crippen molar-refractivity contribution in [3.63, 3.8) is 0 Å². The average Bonchev–Trinajstić information content (AvgIpc) is 2.41. The quantitative estimate of drug-likeness (QED) is 0.606. The second-order valence-corrected chi connectivity index (χ2v) is 4.99. The van der Waals surface area contributed by atoms with Crippen LogP contribution in [0.25, 0.3) is 0 Å². The van der Waals surface area contributed by atoms with Crippen molar-refractivity contribution in [2.75, 3.05) is 46.2 Å². The van der Waals surface area contributed by atoms with E-state index in [9.17, 15) is 0 Å². The van der Waals surface area contributed by atoms with Crippen molar-refractivity contribution < 1.29 is 9.47 Å². The predicted octanol–water partition coefficient (Wildman–Crippen LogP) is 1.85. The van der Waals surface area contributed by atoms with E-state index in [2.05, 4.69) is 24.1 Å². The van der Waals surface area contributed by atoms with E-state index in [4.69, 9.17) is 9.47 Å². The first-order valence-corrected chi connectivity index (χ1v) is 7.48. The molecule has 0 amide bonds. The molecule has 0 aliphatic carbocycles. The topological polar surface area (TPSA) is 33.7 Å². The van der Waals surface area contributed by atoms with Crippen LogP contribution in [0.2, 0.25) is 0 Å². The lowest BCUT2D eigenvalue weighted by Gasteiger charge is -2.35. The van der Waals surface area contributed by atoms with Crippen LogP contribution in [-0.2, 0) is 9.47 Å². The first kappa shape index (κ1) is 15.9. The Morgan fingerprint density at radius 1 is 1.11 bits per heavy atom. The van der Waals surface area contributed by atoms with Gasteiger partial charge in [0.15, 0.2) is 0 Å². The van der Waals surface area contributed by atoms with Gasteiger partial charge in [-0.1, -0.05) is 26.7 Å². The molecule has 0 aromatic rings. The van der Waals surface area contributed by atoms with Gasteiger partial charge in [-0.2, -0.15) is 0 Å². The van der Waals surface area contributed by atoms with Crippen molar-refractivity contribution >= 4 is 0 Å². The van der Waals surface area contributed by atoms with Crippen LogP contribution < -0.4 is 5.32 Å². The Morgan fingerprint density at radius 3 is 2.56 bits per heavy atom. The van der Waals surface area contributed by atoms with Crippen molar-refractivity contribution in [3.05, 3.63) is 0 Å². The summed E-state index contributed by atoms with van der Waals surface area (Å²) in [7, 11) is 0. The van der Waals surface area contributed by atoms with E-state index in [1.165, 1.54) is 12.8 Å². The standard InChI is InChI=1S/C14H30N2O2/c1-3-5-9-17-12-14-11-15-7-8-16(14)13-18-10-6-4-2/h14-15H,3-13H2,1-2H3. The van der Waals surface area contributed by atoms with Crippen LogP contribution in [0, 0.1) is 0 Å². The maximum atomic E-state index is 5.73. The summed E-state index contributed by atoms with van der Waals surface area (Å²) in [5.41, 5.74) is 0. The molecule has 0 aromatic carbocycles. The molecule has 0 bridgehead atoms. The summed E-state index contributed by atoms with van der Waals surface area (Å²) in [6.45, 7) is 10.9. The normalized spacial score (nSPS) is 21.3. The molecule has 1 aliphatic heterocycles. The van der Waals surface area contributed by atoms with Crippen LogP contribution in [0.15, 0.2) is 0 Å². The van der Waals surface area contributed by atoms with E-state index in [1.54, 1.807) is 0 Å². The van der Waals surface area contributed by atoms with Crippen molar-refractivity contribution in [2.45, 2.75) is 45.6 Å². The lowest BCUT2D eigenvalue weighted by atomic mass is 10.2. The second-order valence-electron chi connectivity index (χ2n) is 4.99. The molecule has 1 heterocycles. The average molecular weight is 258 g/mol. The van der Waals surface area contributed by atoms with Gasteiger partial charge in [0.25, 0.3) is 0 Å². The molecule has 4 heteroatoms. The van der Waals surface area contributed by atoms with Crippen molar-refractivity contribution in [1.29, 1.82) is 0 Å². The van der Waals surface area contributed by atoms with Crippen molar-refractivity contribution in [2.24, 2.45) is 0 Å². The fourth-order valence-corrected chi connectivity index (χ4v) is 2.03. The zero-order valence-electron chi connectivity index (χ0n) is 12.1. The summed E-state index contributed by atoms with van der Waals surface area (Å²) in [5, 5.41) is 3.43. The number of hydrogen-bond acceptors (Lipinski definition) is 4. The van der Waals surface area contributed by atoms with Gasteiger partial charge in [-0.05, 0) is 12.8 Å². The number of piperazine rings is 1. The first-order valence-electron chi connectivity index (χ1n) is 7.48. The van der Waals surface area contributed by atoms with Crippen LogP contribution in [0.1, 0.15) is 39.5 Å². The maximum Gasteiger partial charge on any atom is 0.0994 e. The maximum absolute atomic E-state index is 5.73. The van der Waals surface area contributed by atoms with Gasteiger partial charge in [0.05, 0.1) is 13.3 Å². The molecule has 1 fully saturated rings. The second kappa shape index (κ2) is 10.7. The fourth-order valence-electron chi connectivity index (χ4n) is 2.03. The van der Waals surface area contributed by atoms with Gasteiger partial charge >= 0.3 is 0 Å². The van der Waals surface area contributed by atoms with Gasteiger partial charge < -0.3 is 14.8 Å².